The maximum Gasteiger partial charge on any atom is 0.225 e. The molecule has 0 aliphatic carbocycles. The SMILES string of the molecule is CC(NC(=O)C1CCC(=O)NC1)c1ccc(F)cc1. The maximum absolute atomic E-state index is 12.8. The number of amides is 2. The molecule has 0 radical (unpaired) electrons. The first-order valence-corrected chi connectivity index (χ1v) is 6.39. The normalized spacial score (nSPS) is 20.5. The molecule has 1 aromatic rings. The van der Waals surface area contributed by atoms with Gasteiger partial charge < -0.3 is 10.6 Å². The van der Waals surface area contributed by atoms with Crippen molar-refractivity contribution in [1.29, 1.82) is 0 Å². The highest BCUT2D eigenvalue weighted by molar-refractivity contribution is 5.83. The molecule has 4 nitrogen and oxygen atoms in total. The fourth-order valence-electron chi connectivity index (χ4n) is 2.12. The van der Waals surface area contributed by atoms with E-state index in [1.54, 1.807) is 12.1 Å². The minimum absolute atomic E-state index is 0.00404. The quantitative estimate of drug-likeness (QED) is 0.869. The standard InChI is InChI=1S/C14H17FN2O2/c1-9(10-2-5-12(15)6-3-10)17-14(19)11-4-7-13(18)16-8-11/h2-3,5-6,9,11H,4,7-8H2,1H3,(H,16,18)(H,17,19). The van der Waals surface area contributed by atoms with Crippen molar-refractivity contribution in [2.24, 2.45) is 5.92 Å². The van der Waals surface area contributed by atoms with Crippen molar-refractivity contribution in [3.63, 3.8) is 0 Å². The predicted molar refractivity (Wildman–Crippen MR) is 68.7 cm³/mol. The molecule has 1 fully saturated rings. The molecule has 1 aliphatic rings. The van der Waals surface area contributed by atoms with Crippen LogP contribution in [0.1, 0.15) is 31.4 Å². The Morgan fingerprint density at radius 1 is 1.42 bits per heavy atom. The van der Waals surface area contributed by atoms with Crippen LogP contribution in [0.2, 0.25) is 0 Å². The average Bonchev–Trinajstić information content (AvgIpc) is 2.40. The lowest BCUT2D eigenvalue weighted by Gasteiger charge is -2.24. The number of rotatable bonds is 3. The van der Waals surface area contributed by atoms with Crippen LogP contribution in [0.5, 0.6) is 0 Å². The summed E-state index contributed by atoms with van der Waals surface area (Å²) in [6.07, 6.45) is 0.969. The summed E-state index contributed by atoms with van der Waals surface area (Å²) in [5.41, 5.74) is 0.856. The van der Waals surface area contributed by atoms with E-state index in [2.05, 4.69) is 10.6 Å². The molecule has 2 atom stereocenters. The first kappa shape index (κ1) is 13.5. The maximum atomic E-state index is 12.8. The number of carbonyl (C=O) groups excluding carboxylic acids is 2. The monoisotopic (exact) mass is 264 g/mol. The molecule has 1 saturated heterocycles. The minimum Gasteiger partial charge on any atom is -0.355 e. The van der Waals surface area contributed by atoms with Crippen LogP contribution in [0.25, 0.3) is 0 Å². The van der Waals surface area contributed by atoms with E-state index in [0.29, 0.717) is 19.4 Å². The molecule has 19 heavy (non-hydrogen) atoms. The van der Waals surface area contributed by atoms with Crippen LogP contribution >= 0.6 is 0 Å². The second kappa shape index (κ2) is 5.82. The summed E-state index contributed by atoms with van der Waals surface area (Å²) < 4.78 is 12.8. The lowest BCUT2D eigenvalue weighted by Crippen LogP contribution is -2.43. The zero-order chi connectivity index (χ0) is 13.8. The van der Waals surface area contributed by atoms with Gasteiger partial charge in [0.2, 0.25) is 11.8 Å². The van der Waals surface area contributed by atoms with Crippen molar-refractivity contribution < 1.29 is 14.0 Å². The Morgan fingerprint density at radius 3 is 2.68 bits per heavy atom. The van der Waals surface area contributed by atoms with Gasteiger partial charge in [0.1, 0.15) is 5.82 Å². The first-order chi connectivity index (χ1) is 9.06. The highest BCUT2D eigenvalue weighted by Crippen LogP contribution is 2.16. The molecular formula is C14H17FN2O2. The van der Waals surface area contributed by atoms with Crippen LogP contribution < -0.4 is 10.6 Å². The van der Waals surface area contributed by atoms with E-state index in [0.717, 1.165) is 5.56 Å². The highest BCUT2D eigenvalue weighted by Gasteiger charge is 2.25. The summed E-state index contributed by atoms with van der Waals surface area (Å²) in [6, 6.07) is 5.88. The summed E-state index contributed by atoms with van der Waals surface area (Å²) in [6.45, 7) is 2.24. The molecule has 102 valence electrons. The molecule has 0 spiro atoms. The second-order valence-corrected chi connectivity index (χ2v) is 4.82. The molecule has 2 N–H and O–H groups in total. The Bertz CT molecular complexity index is 463. The summed E-state index contributed by atoms with van der Waals surface area (Å²) in [5, 5.41) is 5.57. The molecule has 1 heterocycles. The van der Waals surface area contributed by atoms with E-state index in [-0.39, 0.29) is 29.6 Å². The van der Waals surface area contributed by atoms with Gasteiger partial charge in [0.05, 0.1) is 12.0 Å². The van der Waals surface area contributed by atoms with Gasteiger partial charge in [-0.1, -0.05) is 12.1 Å². The molecule has 0 aromatic heterocycles. The van der Waals surface area contributed by atoms with E-state index < -0.39 is 0 Å². The van der Waals surface area contributed by atoms with Crippen LogP contribution in [-0.4, -0.2) is 18.4 Å². The van der Waals surface area contributed by atoms with Gasteiger partial charge in [-0.05, 0) is 31.0 Å². The summed E-state index contributed by atoms with van der Waals surface area (Å²) in [4.78, 5) is 23.0. The molecule has 1 aliphatic heterocycles. The smallest absolute Gasteiger partial charge is 0.225 e. The van der Waals surface area contributed by atoms with E-state index in [9.17, 15) is 14.0 Å². The van der Waals surface area contributed by atoms with E-state index in [1.165, 1.54) is 12.1 Å². The molecule has 5 heteroatoms. The van der Waals surface area contributed by atoms with Crippen molar-refractivity contribution in [2.75, 3.05) is 6.54 Å². The molecule has 2 amide bonds. The van der Waals surface area contributed by atoms with Crippen LogP contribution in [0, 0.1) is 11.7 Å². The van der Waals surface area contributed by atoms with Crippen molar-refractivity contribution in [3.8, 4) is 0 Å². The number of halogens is 1. The van der Waals surface area contributed by atoms with E-state index >= 15 is 0 Å². The number of benzene rings is 1. The molecule has 2 unspecified atom stereocenters. The summed E-state index contributed by atoms with van der Waals surface area (Å²) in [7, 11) is 0. The molecule has 0 saturated carbocycles. The largest absolute Gasteiger partial charge is 0.355 e. The van der Waals surface area contributed by atoms with Gasteiger partial charge in [-0.3, -0.25) is 9.59 Å². The Hall–Kier alpha value is -1.91. The molecule has 1 aromatic carbocycles. The second-order valence-electron chi connectivity index (χ2n) is 4.82. The Morgan fingerprint density at radius 2 is 2.11 bits per heavy atom. The molecule has 2 rings (SSSR count). The van der Waals surface area contributed by atoms with Gasteiger partial charge in [-0.2, -0.15) is 0 Å². The number of nitrogens with one attached hydrogen (secondary N) is 2. The average molecular weight is 264 g/mol. The summed E-state index contributed by atoms with van der Waals surface area (Å²) >= 11 is 0. The van der Waals surface area contributed by atoms with Crippen LogP contribution in [0.15, 0.2) is 24.3 Å². The minimum atomic E-state index is -0.294. The zero-order valence-electron chi connectivity index (χ0n) is 10.8. The van der Waals surface area contributed by atoms with Gasteiger partial charge in [-0.15, -0.1) is 0 Å². The van der Waals surface area contributed by atoms with Gasteiger partial charge in [0.25, 0.3) is 0 Å². The Balaban J connectivity index is 1.91. The van der Waals surface area contributed by atoms with Crippen LogP contribution in [0.4, 0.5) is 4.39 Å². The van der Waals surface area contributed by atoms with Gasteiger partial charge >= 0.3 is 0 Å². The van der Waals surface area contributed by atoms with Gasteiger partial charge in [0, 0.05) is 13.0 Å². The van der Waals surface area contributed by atoms with Gasteiger partial charge in [-0.25, -0.2) is 4.39 Å². The topological polar surface area (TPSA) is 58.2 Å². The van der Waals surface area contributed by atoms with E-state index in [1.807, 2.05) is 6.92 Å². The van der Waals surface area contributed by atoms with Crippen molar-refractivity contribution >= 4 is 11.8 Å². The van der Waals surface area contributed by atoms with Crippen LogP contribution in [0.3, 0.4) is 0 Å². The number of hydrogen-bond donors (Lipinski definition) is 2. The first-order valence-electron chi connectivity index (χ1n) is 6.39. The van der Waals surface area contributed by atoms with Crippen molar-refractivity contribution in [3.05, 3.63) is 35.6 Å². The molecular weight excluding hydrogens is 247 g/mol. The number of hydrogen-bond acceptors (Lipinski definition) is 2. The fourth-order valence-corrected chi connectivity index (χ4v) is 2.12. The van der Waals surface area contributed by atoms with Crippen molar-refractivity contribution in [1.82, 2.24) is 10.6 Å². The predicted octanol–water partition coefficient (Wildman–Crippen LogP) is 1.53. The lowest BCUT2D eigenvalue weighted by molar-refractivity contribution is -0.129. The third-order valence-electron chi connectivity index (χ3n) is 3.37. The molecule has 0 bridgehead atoms. The van der Waals surface area contributed by atoms with Gasteiger partial charge in [0.15, 0.2) is 0 Å². The lowest BCUT2D eigenvalue weighted by atomic mass is 9.97. The summed E-state index contributed by atoms with van der Waals surface area (Å²) in [5.74, 6) is -0.551. The Kier molecular flexibility index (Phi) is 4.14. The fraction of sp³-hybridized carbons (Fsp3) is 0.429. The van der Waals surface area contributed by atoms with Crippen molar-refractivity contribution in [2.45, 2.75) is 25.8 Å². The third-order valence-corrected chi connectivity index (χ3v) is 3.37. The number of carbonyl (C=O) groups is 2. The third kappa shape index (κ3) is 3.53. The van der Waals surface area contributed by atoms with E-state index in [4.69, 9.17) is 0 Å². The zero-order valence-corrected chi connectivity index (χ0v) is 10.8. The number of piperidine rings is 1. The highest BCUT2D eigenvalue weighted by atomic mass is 19.1. The Labute approximate surface area is 111 Å². The van der Waals surface area contributed by atoms with Crippen LogP contribution in [-0.2, 0) is 9.59 Å².